The van der Waals surface area contributed by atoms with Gasteiger partial charge < -0.3 is 9.84 Å². The second-order valence-electron chi connectivity index (χ2n) is 3.77. The molecule has 0 spiro atoms. The van der Waals surface area contributed by atoms with Crippen molar-refractivity contribution < 1.29 is 23.6 Å². The molecule has 1 N–H and O–H groups in total. The second kappa shape index (κ2) is 7.68. The molecule has 1 aromatic rings. The highest BCUT2D eigenvalue weighted by atomic mass is 32.2. The Hall–Kier alpha value is -1.69. The van der Waals surface area contributed by atoms with Gasteiger partial charge in [0.2, 0.25) is 0 Å². The van der Waals surface area contributed by atoms with E-state index in [0.717, 1.165) is 0 Å². The number of aliphatic carboxylic acids is 1. The fourth-order valence-electron chi connectivity index (χ4n) is 1.57. The van der Waals surface area contributed by atoms with Gasteiger partial charge in [-0.1, -0.05) is 30.3 Å². The molecule has 0 saturated heterocycles. The van der Waals surface area contributed by atoms with Gasteiger partial charge in [-0.25, -0.2) is 0 Å². The number of carboxylic acid groups (broad SMARTS) is 1. The molecule has 0 saturated carbocycles. The number of esters is 1. The van der Waals surface area contributed by atoms with E-state index in [-0.39, 0.29) is 18.8 Å². The van der Waals surface area contributed by atoms with Crippen LogP contribution in [0.1, 0.15) is 24.2 Å². The van der Waals surface area contributed by atoms with Crippen molar-refractivity contribution in [2.45, 2.75) is 18.6 Å². The van der Waals surface area contributed by atoms with Gasteiger partial charge in [-0.15, -0.1) is 0 Å². The molecule has 0 aliphatic heterocycles. The van der Waals surface area contributed by atoms with Gasteiger partial charge in [0.15, 0.2) is 5.25 Å². The maximum absolute atomic E-state index is 12.0. The van der Waals surface area contributed by atoms with E-state index in [9.17, 15) is 13.8 Å². The van der Waals surface area contributed by atoms with Gasteiger partial charge in [-0.05, 0) is 12.5 Å². The van der Waals surface area contributed by atoms with Crippen molar-refractivity contribution in [1.29, 1.82) is 0 Å². The average Bonchev–Trinajstić information content (AvgIpc) is 2.38. The van der Waals surface area contributed by atoms with E-state index in [2.05, 4.69) is 0 Å². The summed E-state index contributed by atoms with van der Waals surface area (Å²) in [6.07, 6.45) is -0.0446. The fraction of sp³-hybridized carbons (Fsp3) is 0.385. The highest BCUT2D eigenvalue weighted by Crippen LogP contribution is 2.20. The Morgan fingerprint density at radius 1 is 1.32 bits per heavy atom. The SMILES string of the molecule is CCOC(=O)CCS(=O)C(C(=O)O)c1ccccc1. The summed E-state index contributed by atoms with van der Waals surface area (Å²) in [6, 6.07) is 8.35. The maximum Gasteiger partial charge on any atom is 0.323 e. The average molecular weight is 284 g/mol. The molecular weight excluding hydrogens is 268 g/mol. The number of hydrogen-bond donors (Lipinski definition) is 1. The molecule has 0 radical (unpaired) electrons. The van der Waals surface area contributed by atoms with Crippen LogP contribution in [0.4, 0.5) is 0 Å². The van der Waals surface area contributed by atoms with Crippen molar-refractivity contribution in [3.05, 3.63) is 35.9 Å². The number of ether oxygens (including phenoxy) is 1. The second-order valence-corrected chi connectivity index (χ2v) is 5.41. The van der Waals surface area contributed by atoms with Crippen LogP contribution in [-0.2, 0) is 25.1 Å². The van der Waals surface area contributed by atoms with Crippen LogP contribution in [-0.4, -0.2) is 33.6 Å². The zero-order chi connectivity index (χ0) is 14.3. The number of carbonyl (C=O) groups is 2. The first-order valence-electron chi connectivity index (χ1n) is 5.86. The molecule has 6 heteroatoms. The number of carbonyl (C=O) groups excluding carboxylic acids is 1. The molecule has 0 heterocycles. The van der Waals surface area contributed by atoms with Crippen molar-refractivity contribution in [3.8, 4) is 0 Å². The van der Waals surface area contributed by atoms with Crippen molar-refractivity contribution in [2.24, 2.45) is 0 Å². The summed E-state index contributed by atoms with van der Waals surface area (Å²) < 4.78 is 16.7. The third-order valence-electron chi connectivity index (χ3n) is 2.40. The van der Waals surface area contributed by atoms with Crippen LogP contribution in [0.25, 0.3) is 0 Å². The minimum atomic E-state index is -1.66. The summed E-state index contributed by atoms with van der Waals surface area (Å²) in [5.41, 5.74) is 0.470. The molecule has 0 bridgehead atoms. The lowest BCUT2D eigenvalue weighted by molar-refractivity contribution is -0.142. The van der Waals surface area contributed by atoms with Crippen LogP contribution >= 0.6 is 0 Å². The lowest BCUT2D eigenvalue weighted by atomic mass is 10.1. The van der Waals surface area contributed by atoms with Gasteiger partial charge in [-0.3, -0.25) is 13.8 Å². The van der Waals surface area contributed by atoms with E-state index in [4.69, 9.17) is 9.84 Å². The van der Waals surface area contributed by atoms with Crippen molar-refractivity contribution in [3.63, 3.8) is 0 Å². The Bertz CT molecular complexity index is 457. The van der Waals surface area contributed by atoms with Crippen LogP contribution in [0.5, 0.6) is 0 Å². The number of carboxylic acids is 1. The van der Waals surface area contributed by atoms with Gasteiger partial charge in [0.1, 0.15) is 0 Å². The predicted molar refractivity (Wildman–Crippen MR) is 71.1 cm³/mol. The molecule has 2 unspecified atom stereocenters. The molecule has 0 amide bonds. The normalized spacial score (nSPS) is 13.5. The lowest BCUT2D eigenvalue weighted by Crippen LogP contribution is -2.21. The highest BCUT2D eigenvalue weighted by molar-refractivity contribution is 7.86. The lowest BCUT2D eigenvalue weighted by Gasteiger charge is -2.12. The topological polar surface area (TPSA) is 80.7 Å². The quantitative estimate of drug-likeness (QED) is 0.768. The molecular formula is C13H16O5S. The molecule has 5 nitrogen and oxygen atoms in total. The maximum atomic E-state index is 12.0. The number of rotatable bonds is 7. The first-order chi connectivity index (χ1) is 9.06. The van der Waals surface area contributed by atoms with E-state index in [1.807, 2.05) is 0 Å². The Morgan fingerprint density at radius 2 is 1.95 bits per heavy atom. The van der Waals surface area contributed by atoms with Crippen LogP contribution in [0, 0.1) is 0 Å². The molecule has 1 aromatic carbocycles. The van der Waals surface area contributed by atoms with E-state index in [1.165, 1.54) is 0 Å². The summed E-state index contributed by atoms with van der Waals surface area (Å²) in [4.78, 5) is 22.4. The Labute approximate surface area is 114 Å². The van der Waals surface area contributed by atoms with E-state index in [0.29, 0.717) is 5.56 Å². The number of hydrogen-bond acceptors (Lipinski definition) is 4. The molecule has 104 valence electrons. The fourth-order valence-corrected chi connectivity index (χ4v) is 2.86. The summed E-state index contributed by atoms with van der Waals surface area (Å²) in [6.45, 7) is 1.94. The van der Waals surface area contributed by atoms with Gasteiger partial charge in [0, 0.05) is 16.6 Å². The molecule has 1 rings (SSSR count). The first kappa shape index (κ1) is 15.4. The van der Waals surface area contributed by atoms with Crippen molar-refractivity contribution in [2.75, 3.05) is 12.4 Å². The standard InChI is InChI=1S/C13H16O5S/c1-2-18-11(14)8-9-19(17)12(13(15)16)10-6-4-3-5-7-10/h3-7,12H,2,8-9H2,1H3,(H,15,16). The zero-order valence-corrected chi connectivity index (χ0v) is 11.4. The molecule has 0 fully saturated rings. The molecule has 2 atom stereocenters. The smallest absolute Gasteiger partial charge is 0.323 e. The van der Waals surface area contributed by atoms with E-state index in [1.54, 1.807) is 37.3 Å². The first-order valence-corrected chi connectivity index (χ1v) is 7.25. The summed E-state index contributed by atoms with van der Waals surface area (Å²) in [5, 5.41) is 8.04. The van der Waals surface area contributed by atoms with Gasteiger partial charge in [0.05, 0.1) is 13.0 Å². The molecule has 0 aliphatic rings. The van der Waals surface area contributed by atoms with Gasteiger partial charge >= 0.3 is 11.9 Å². The summed E-state index contributed by atoms with van der Waals surface area (Å²) in [5.74, 6) is -1.65. The van der Waals surface area contributed by atoms with Crippen LogP contribution in [0.2, 0.25) is 0 Å². The van der Waals surface area contributed by atoms with Crippen LogP contribution in [0.15, 0.2) is 30.3 Å². The minimum absolute atomic E-state index is 0.0231. The van der Waals surface area contributed by atoms with Crippen LogP contribution in [0.3, 0.4) is 0 Å². The third kappa shape index (κ3) is 4.82. The molecule has 0 aromatic heterocycles. The molecule has 0 aliphatic carbocycles. The number of benzene rings is 1. The highest BCUT2D eigenvalue weighted by Gasteiger charge is 2.26. The zero-order valence-electron chi connectivity index (χ0n) is 10.6. The Balaban J connectivity index is 2.70. The third-order valence-corrected chi connectivity index (χ3v) is 4.01. The van der Waals surface area contributed by atoms with E-state index >= 15 is 0 Å². The largest absolute Gasteiger partial charge is 0.480 e. The predicted octanol–water partition coefficient (Wildman–Crippen LogP) is 1.51. The van der Waals surface area contributed by atoms with Gasteiger partial charge in [0.25, 0.3) is 0 Å². The van der Waals surface area contributed by atoms with Crippen molar-refractivity contribution in [1.82, 2.24) is 0 Å². The van der Waals surface area contributed by atoms with E-state index < -0.39 is 28.0 Å². The molecule has 19 heavy (non-hydrogen) atoms. The summed E-state index contributed by atoms with van der Waals surface area (Å²) in [7, 11) is -1.66. The van der Waals surface area contributed by atoms with Gasteiger partial charge in [-0.2, -0.15) is 0 Å². The van der Waals surface area contributed by atoms with Crippen LogP contribution < -0.4 is 0 Å². The Kier molecular flexibility index (Phi) is 6.21. The minimum Gasteiger partial charge on any atom is -0.480 e. The monoisotopic (exact) mass is 284 g/mol. The summed E-state index contributed by atoms with van der Waals surface area (Å²) >= 11 is 0. The van der Waals surface area contributed by atoms with Crippen molar-refractivity contribution >= 4 is 22.7 Å². The Morgan fingerprint density at radius 3 is 2.47 bits per heavy atom.